The van der Waals surface area contributed by atoms with Gasteiger partial charge >= 0.3 is 0 Å². The second kappa shape index (κ2) is 3.97. The van der Waals surface area contributed by atoms with E-state index in [-0.39, 0.29) is 0 Å². The molecule has 6 heteroatoms. The Labute approximate surface area is 93.6 Å². The first-order chi connectivity index (χ1) is 7.60. The van der Waals surface area contributed by atoms with Crippen molar-refractivity contribution in [3.8, 4) is 5.95 Å². The van der Waals surface area contributed by atoms with E-state index in [0.717, 1.165) is 11.4 Å². The number of nitrogens with two attached hydrogens (primary N) is 1. The summed E-state index contributed by atoms with van der Waals surface area (Å²) in [5.41, 5.74) is 7.45. The lowest BCUT2D eigenvalue weighted by atomic mass is 10.4. The third kappa shape index (κ3) is 1.92. The van der Waals surface area contributed by atoms with Crippen molar-refractivity contribution >= 4 is 0 Å². The van der Waals surface area contributed by atoms with E-state index in [1.54, 1.807) is 4.68 Å². The van der Waals surface area contributed by atoms with Gasteiger partial charge in [-0.1, -0.05) is 0 Å². The van der Waals surface area contributed by atoms with Crippen molar-refractivity contribution < 1.29 is 0 Å². The van der Waals surface area contributed by atoms with Crippen LogP contribution >= 0.6 is 0 Å². The molecule has 2 heterocycles. The molecule has 2 aromatic rings. The largest absolute Gasteiger partial charge is 0.324 e. The smallest absolute Gasteiger partial charge is 0.254 e. The normalized spacial score (nSPS) is 10.8. The van der Waals surface area contributed by atoms with Gasteiger partial charge in [0.2, 0.25) is 0 Å². The Morgan fingerprint density at radius 3 is 2.50 bits per heavy atom. The fourth-order valence-electron chi connectivity index (χ4n) is 1.54. The molecule has 0 radical (unpaired) electrons. The van der Waals surface area contributed by atoms with Gasteiger partial charge in [-0.15, -0.1) is 0 Å². The Balaban J connectivity index is 2.55. The van der Waals surface area contributed by atoms with E-state index in [1.165, 1.54) is 0 Å². The van der Waals surface area contributed by atoms with Gasteiger partial charge in [0, 0.05) is 5.69 Å². The molecule has 0 fully saturated rings. The molecule has 0 bridgehead atoms. The molecule has 0 amide bonds. The molecule has 0 atom stereocenters. The van der Waals surface area contributed by atoms with E-state index in [9.17, 15) is 0 Å². The molecule has 0 spiro atoms. The Morgan fingerprint density at radius 2 is 1.94 bits per heavy atom. The topological polar surface area (TPSA) is 82.5 Å². The van der Waals surface area contributed by atoms with Crippen molar-refractivity contribution in [3.63, 3.8) is 0 Å². The van der Waals surface area contributed by atoms with Gasteiger partial charge < -0.3 is 5.73 Å². The molecule has 2 aromatic heterocycles. The van der Waals surface area contributed by atoms with Crippen LogP contribution in [-0.2, 0) is 6.54 Å². The minimum atomic E-state index is 0.301. The van der Waals surface area contributed by atoms with Gasteiger partial charge in [-0.05, 0) is 26.8 Å². The van der Waals surface area contributed by atoms with Crippen LogP contribution in [0.15, 0.2) is 6.07 Å². The molecule has 0 saturated heterocycles. The first-order valence-electron chi connectivity index (χ1n) is 5.05. The van der Waals surface area contributed by atoms with Gasteiger partial charge in [-0.25, -0.2) is 9.67 Å². The summed E-state index contributed by atoms with van der Waals surface area (Å²) in [4.78, 5) is 12.6. The predicted molar refractivity (Wildman–Crippen MR) is 59.1 cm³/mol. The molecule has 0 aliphatic carbocycles. The fraction of sp³-hybridized carbons (Fsp3) is 0.400. The van der Waals surface area contributed by atoms with E-state index in [4.69, 9.17) is 5.73 Å². The summed E-state index contributed by atoms with van der Waals surface area (Å²) >= 11 is 0. The lowest BCUT2D eigenvalue weighted by molar-refractivity contribution is 0.728. The van der Waals surface area contributed by atoms with Crippen LogP contribution in [0, 0.1) is 20.8 Å². The molecule has 2 N–H and O–H groups in total. The quantitative estimate of drug-likeness (QED) is 0.790. The van der Waals surface area contributed by atoms with Crippen LogP contribution in [0.3, 0.4) is 0 Å². The minimum Gasteiger partial charge on any atom is -0.324 e. The zero-order valence-electron chi connectivity index (χ0n) is 9.60. The summed E-state index contributed by atoms with van der Waals surface area (Å²) in [5, 5.41) is 4.32. The van der Waals surface area contributed by atoms with Crippen molar-refractivity contribution in [1.29, 1.82) is 0 Å². The summed E-state index contributed by atoms with van der Waals surface area (Å²) in [6.07, 6.45) is 0. The summed E-state index contributed by atoms with van der Waals surface area (Å²) in [6, 6.07) is 1.97. The number of aromatic nitrogens is 5. The standard InChI is InChI=1S/C10H14N6/c1-6-4-7(2)16(15-6)10-13-8(3)12-9(5-11)14-10/h4H,5,11H2,1-3H3. The van der Waals surface area contributed by atoms with Crippen LogP contribution in [-0.4, -0.2) is 24.7 Å². The molecule has 6 nitrogen and oxygen atoms in total. The highest BCUT2D eigenvalue weighted by Crippen LogP contribution is 2.07. The number of hydrogen-bond donors (Lipinski definition) is 1. The highest BCUT2D eigenvalue weighted by Gasteiger charge is 2.08. The van der Waals surface area contributed by atoms with Crippen LogP contribution in [0.2, 0.25) is 0 Å². The lowest BCUT2D eigenvalue weighted by Gasteiger charge is -2.04. The zero-order valence-corrected chi connectivity index (χ0v) is 9.60. The second-order valence-electron chi connectivity index (χ2n) is 3.64. The van der Waals surface area contributed by atoms with E-state index >= 15 is 0 Å². The Morgan fingerprint density at radius 1 is 1.19 bits per heavy atom. The fourth-order valence-corrected chi connectivity index (χ4v) is 1.54. The molecule has 0 saturated carbocycles. The highest BCUT2D eigenvalue weighted by atomic mass is 15.4. The molecular formula is C10H14N6. The summed E-state index contributed by atoms with van der Waals surface area (Å²) in [7, 11) is 0. The maximum atomic E-state index is 5.53. The lowest BCUT2D eigenvalue weighted by Crippen LogP contribution is -2.12. The average molecular weight is 218 g/mol. The third-order valence-electron chi connectivity index (χ3n) is 2.16. The summed E-state index contributed by atoms with van der Waals surface area (Å²) < 4.78 is 1.70. The second-order valence-corrected chi connectivity index (χ2v) is 3.64. The maximum absolute atomic E-state index is 5.53. The Kier molecular flexibility index (Phi) is 2.66. The van der Waals surface area contributed by atoms with Crippen molar-refractivity contribution in [3.05, 3.63) is 29.1 Å². The van der Waals surface area contributed by atoms with Gasteiger partial charge in [0.25, 0.3) is 5.95 Å². The molecule has 0 unspecified atom stereocenters. The Hall–Kier alpha value is -1.82. The van der Waals surface area contributed by atoms with Crippen molar-refractivity contribution in [2.75, 3.05) is 0 Å². The molecule has 84 valence electrons. The molecule has 0 aromatic carbocycles. The molecule has 2 rings (SSSR count). The number of aryl methyl sites for hydroxylation is 3. The molecule has 0 aliphatic rings. The van der Waals surface area contributed by atoms with Crippen LogP contribution in [0.5, 0.6) is 0 Å². The highest BCUT2D eigenvalue weighted by molar-refractivity contribution is 5.19. The Bertz CT molecular complexity index is 516. The van der Waals surface area contributed by atoms with Crippen LogP contribution < -0.4 is 5.73 Å². The molecule has 16 heavy (non-hydrogen) atoms. The average Bonchev–Trinajstić information content (AvgIpc) is 2.57. The van der Waals surface area contributed by atoms with Gasteiger partial charge in [-0.3, -0.25) is 0 Å². The monoisotopic (exact) mass is 218 g/mol. The van der Waals surface area contributed by atoms with E-state index in [0.29, 0.717) is 24.1 Å². The van der Waals surface area contributed by atoms with E-state index < -0.39 is 0 Å². The van der Waals surface area contributed by atoms with Crippen molar-refractivity contribution in [2.45, 2.75) is 27.3 Å². The van der Waals surface area contributed by atoms with Gasteiger partial charge in [0.1, 0.15) is 11.6 Å². The number of nitrogens with zero attached hydrogens (tertiary/aromatic N) is 5. The number of hydrogen-bond acceptors (Lipinski definition) is 5. The van der Waals surface area contributed by atoms with Gasteiger partial charge in [-0.2, -0.15) is 15.1 Å². The third-order valence-corrected chi connectivity index (χ3v) is 2.16. The summed E-state index contributed by atoms with van der Waals surface area (Å²) in [6.45, 7) is 6.01. The van der Waals surface area contributed by atoms with Crippen LogP contribution in [0.25, 0.3) is 5.95 Å². The molecule has 0 aliphatic heterocycles. The van der Waals surface area contributed by atoms with Crippen molar-refractivity contribution in [1.82, 2.24) is 24.7 Å². The van der Waals surface area contributed by atoms with E-state index in [2.05, 4.69) is 20.1 Å². The summed E-state index contributed by atoms with van der Waals surface area (Å²) in [5.74, 6) is 1.76. The minimum absolute atomic E-state index is 0.301. The number of rotatable bonds is 2. The van der Waals surface area contributed by atoms with Crippen LogP contribution in [0.1, 0.15) is 23.0 Å². The SMILES string of the molecule is Cc1cc(C)n(-c2nc(C)nc(CN)n2)n1. The van der Waals surface area contributed by atoms with Gasteiger partial charge in [0.15, 0.2) is 0 Å². The van der Waals surface area contributed by atoms with E-state index in [1.807, 2.05) is 26.8 Å². The molecular weight excluding hydrogens is 204 g/mol. The van der Waals surface area contributed by atoms with Crippen molar-refractivity contribution in [2.24, 2.45) is 5.73 Å². The first-order valence-corrected chi connectivity index (χ1v) is 5.05. The van der Waals surface area contributed by atoms with Gasteiger partial charge in [0.05, 0.1) is 12.2 Å². The zero-order chi connectivity index (χ0) is 11.7. The van der Waals surface area contributed by atoms with Crippen LogP contribution in [0.4, 0.5) is 0 Å². The first kappa shape index (κ1) is 10.7. The predicted octanol–water partition coefficient (Wildman–Crippen LogP) is 0.441. The maximum Gasteiger partial charge on any atom is 0.254 e.